The molecular weight excluding hydrogens is 240 g/mol. The molecule has 6 heteroatoms. The van der Waals surface area contributed by atoms with E-state index in [1.807, 2.05) is 24.4 Å². The lowest BCUT2D eigenvalue weighted by molar-refractivity contribution is 0.827. The molecule has 0 saturated carbocycles. The van der Waals surface area contributed by atoms with E-state index in [1.165, 1.54) is 0 Å². The lowest BCUT2D eigenvalue weighted by Gasteiger charge is -2.09. The summed E-state index contributed by atoms with van der Waals surface area (Å²) in [6, 6.07) is 7.55. The maximum atomic E-state index is 4.35. The van der Waals surface area contributed by atoms with Crippen LogP contribution in [0, 0.1) is 0 Å². The third kappa shape index (κ3) is 2.57. The molecule has 0 aliphatic heterocycles. The van der Waals surface area contributed by atoms with Crippen molar-refractivity contribution in [1.82, 2.24) is 24.7 Å². The molecule has 94 valence electrons. The van der Waals surface area contributed by atoms with Gasteiger partial charge in [-0.3, -0.25) is 0 Å². The molecule has 0 amide bonds. The van der Waals surface area contributed by atoms with Crippen LogP contribution in [0.3, 0.4) is 0 Å². The number of nitrogens with zero attached hydrogens (tertiary/aromatic N) is 5. The number of rotatable bonds is 4. The molecule has 0 radical (unpaired) electrons. The van der Waals surface area contributed by atoms with Crippen LogP contribution >= 0.6 is 0 Å². The fourth-order valence-corrected chi connectivity index (χ4v) is 1.73. The molecule has 0 saturated heterocycles. The van der Waals surface area contributed by atoms with Gasteiger partial charge in [0.2, 0.25) is 5.95 Å². The van der Waals surface area contributed by atoms with Gasteiger partial charge in [0.25, 0.3) is 0 Å². The molecule has 3 aromatic rings. The number of pyridine rings is 1. The SMILES string of the molecule is c1cnc(NCc2cccnc2-n2cccn2)nc1. The van der Waals surface area contributed by atoms with Crippen LogP contribution in [-0.2, 0) is 6.54 Å². The molecule has 0 unspecified atom stereocenters. The fraction of sp³-hybridized carbons (Fsp3) is 0.0769. The highest BCUT2D eigenvalue weighted by Gasteiger charge is 2.05. The zero-order chi connectivity index (χ0) is 12.9. The van der Waals surface area contributed by atoms with E-state index in [0.717, 1.165) is 11.4 Å². The van der Waals surface area contributed by atoms with Gasteiger partial charge in [-0.15, -0.1) is 0 Å². The molecule has 3 heterocycles. The van der Waals surface area contributed by atoms with Crippen molar-refractivity contribution >= 4 is 5.95 Å². The molecule has 0 atom stereocenters. The summed E-state index contributed by atoms with van der Waals surface area (Å²) in [5.41, 5.74) is 1.03. The lowest BCUT2D eigenvalue weighted by atomic mass is 10.2. The summed E-state index contributed by atoms with van der Waals surface area (Å²) in [5, 5.41) is 7.36. The highest BCUT2D eigenvalue weighted by atomic mass is 15.3. The van der Waals surface area contributed by atoms with Gasteiger partial charge in [-0.25, -0.2) is 19.6 Å². The van der Waals surface area contributed by atoms with E-state index in [9.17, 15) is 0 Å². The van der Waals surface area contributed by atoms with Gasteiger partial charge in [-0.2, -0.15) is 5.10 Å². The van der Waals surface area contributed by atoms with Crippen LogP contribution in [0.2, 0.25) is 0 Å². The Labute approximate surface area is 110 Å². The molecule has 19 heavy (non-hydrogen) atoms. The zero-order valence-electron chi connectivity index (χ0n) is 10.1. The van der Waals surface area contributed by atoms with E-state index < -0.39 is 0 Å². The second-order valence-electron chi connectivity index (χ2n) is 3.86. The molecule has 3 rings (SSSR count). The summed E-state index contributed by atoms with van der Waals surface area (Å²) in [5.74, 6) is 1.40. The molecule has 0 aliphatic carbocycles. The highest BCUT2D eigenvalue weighted by molar-refractivity contribution is 5.36. The number of nitrogens with one attached hydrogen (secondary N) is 1. The van der Waals surface area contributed by atoms with Gasteiger partial charge in [-0.1, -0.05) is 6.07 Å². The van der Waals surface area contributed by atoms with E-state index in [2.05, 4.69) is 25.4 Å². The Balaban J connectivity index is 1.82. The quantitative estimate of drug-likeness (QED) is 0.765. The van der Waals surface area contributed by atoms with Crippen molar-refractivity contribution in [2.45, 2.75) is 6.54 Å². The Hall–Kier alpha value is -2.76. The third-order valence-electron chi connectivity index (χ3n) is 2.59. The minimum absolute atomic E-state index is 0.590. The van der Waals surface area contributed by atoms with Crippen LogP contribution in [-0.4, -0.2) is 24.7 Å². The van der Waals surface area contributed by atoms with Crippen LogP contribution in [0.15, 0.2) is 55.2 Å². The van der Waals surface area contributed by atoms with Crippen LogP contribution in [0.25, 0.3) is 5.82 Å². The summed E-state index contributed by atoms with van der Waals surface area (Å²) in [7, 11) is 0. The summed E-state index contributed by atoms with van der Waals surface area (Å²) in [6.45, 7) is 0.590. The summed E-state index contributed by atoms with van der Waals surface area (Å²) < 4.78 is 1.74. The second kappa shape index (κ2) is 5.26. The zero-order valence-corrected chi connectivity index (χ0v) is 10.1. The van der Waals surface area contributed by atoms with E-state index in [4.69, 9.17) is 0 Å². The van der Waals surface area contributed by atoms with Gasteiger partial charge in [0.15, 0.2) is 5.82 Å². The van der Waals surface area contributed by atoms with Crippen LogP contribution in [0.4, 0.5) is 5.95 Å². The van der Waals surface area contributed by atoms with Gasteiger partial charge in [-0.05, 0) is 18.2 Å². The lowest BCUT2D eigenvalue weighted by Crippen LogP contribution is -2.08. The smallest absolute Gasteiger partial charge is 0.222 e. The van der Waals surface area contributed by atoms with Crippen molar-refractivity contribution in [1.29, 1.82) is 0 Å². The number of hydrogen-bond acceptors (Lipinski definition) is 5. The maximum Gasteiger partial charge on any atom is 0.222 e. The van der Waals surface area contributed by atoms with Crippen molar-refractivity contribution in [2.24, 2.45) is 0 Å². The standard InChI is InChI=1S/C13H12N6/c1-4-11(10-17-13-15-6-2-7-16-13)12(14-5-1)19-9-3-8-18-19/h1-9H,10H2,(H,15,16,17). The third-order valence-corrected chi connectivity index (χ3v) is 2.59. The van der Waals surface area contributed by atoms with Gasteiger partial charge in [0, 0.05) is 43.1 Å². The Morgan fingerprint density at radius 3 is 2.58 bits per heavy atom. The fourth-order valence-electron chi connectivity index (χ4n) is 1.73. The average Bonchev–Trinajstić information content (AvgIpc) is 3.01. The minimum atomic E-state index is 0.590. The van der Waals surface area contributed by atoms with Crippen molar-refractivity contribution in [3.8, 4) is 5.82 Å². The predicted octanol–water partition coefficient (Wildman–Crippen LogP) is 1.67. The van der Waals surface area contributed by atoms with Gasteiger partial charge in [0.05, 0.1) is 0 Å². The predicted molar refractivity (Wildman–Crippen MR) is 70.7 cm³/mol. The molecule has 3 aromatic heterocycles. The van der Waals surface area contributed by atoms with E-state index in [-0.39, 0.29) is 0 Å². The van der Waals surface area contributed by atoms with Crippen molar-refractivity contribution in [3.05, 3.63) is 60.8 Å². The first-order chi connectivity index (χ1) is 9.43. The molecule has 6 nitrogen and oxygen atoms in total. The van der Waals surface area contributed by atoms with Crippen LogP contribution in [0.5, 0.6) is 0 Å². The molecule has 0 bridgehead atoms. The Morgan fingerprint density at radius 1 is 0.947 bits per heavy atom. The Morgan fingerprint density at radius 2 is 1.79 bits per heavy atom. The maximum absolute atomic E-state index is 4.35. The summed E-state index contributed by atoms with van der Waals surface area (Å²) in [4.78, 5) is 12.6. The highest BCUT2D eigenvalue weighted by Crippen LogP contribution is 2.11. The molecular formula is C13H12N6. The van der Waals surface area contributed by atoms with Crippen molar-refractivity contribution < 1.29 is 0 Å². The summed E-state index contributed by atoms with van der Waals surface area (Å²) >= 11 is 0. The topological polar surface area (TPSA) is 68.5 Å². The van der Waals surface area contributed by atoms with Crippen LogP contribution in [0.1, 0.15) is 5.56 Å². The summed E-state index contributed by atoms with van der Waals surface area (Å²) in [6.07, 6.45) is 8.75. The molecule has 0 fully saturated rings. The Bertz CT molecular complexity index is 635. The first kappa shape index (κ1) is 11.3. The average molecular weight is 252 g/mol. The first-order valence-corrected chi connectivity index (χ1v) is 5.88. The van der Waals surface area contributed by atoms with E-state index >= 15 is 0 Å². The number of anilines is 1. The van der Waals surface area contributed by atoms with Crippen molar-refractivity contribution in [2.75, 3.05) is 5.32 Å². The number of aromatic nitrogens is 5. The molecule has 0 aliphatic rings. The Kier molecular flexibility index (Phi) is 3.14. The van der Waals surface area contributed by atoms with Gasteiger partial charge < -0.3 is 5.32 Å². The largest absolute Gasteiger partial charge is 0.350 e. The normalized spacial score (nSPS) is 10.3. The minimum Gasteiger partial charge on any atom is -0.350 e. The second-order valence-corrected chi connectivity index (χ2v) is 3.86. The van der Waals surface area contributed by atoms with Crippen LogP contribution < -0.4 is 5.32 Å². The van der Waals surface area contributed by atoms with Gasteiger partial charge in [0.1, 0.15) is 0 Å². The monoisotopic (exact) mass is 252 g/mol. The van der Waals surface area contributed by atoms with E-state index in [0.29, 0.717) is 12.5 Å². The van der Waals surface area contributed by atoms with Gasteiger partial charge >= 0.3 is 0 Å². The van der Waals surface area contributed by atoms with E-state index in [1.54, 1.807) is 35.5 Å². The van der Waals surface area contributed by atoms with Crippen molar-refractivity contribution in [3.63, 3.8) is 0 Å². The number of hydrogen-bond donors (Lipinski definition) is 1. The molecule has 0 spiro atoms. The molecule has 1 N–H and O–H groups in total. The molecule has 0 aromatic carbocycles. The first-order valence-electron chi connectivity index (χ1n) is 5.88.